The molecule has 2 amide bonds. The number of carbonyl (C=O) groups is 2. The molecule has 1 aliphatic rings. The average Bonchev–Trinajstić information content (AvgIpc) is 3.10. The third-order valence-corrected chi connectivity index (χ3v) is 5.14. The number of benzene rings is 1. The van der Waals surface area contributed by atoms with Gasteiger partial charge in [0.2, 0.25) is 5.82 Å². The highest BCUT2D eigenvalue weighted by molar-refractivity contribution is 6.06. The van der Waals surface area contributed by atoms with Crippen molar-refractivity contribution in [2.24, 2.45) is 0 Å². The van der Waals surface area contributed by atoms with Gasteiger partial charge in [-0.2, -0.15) is 0 Å². The Morgan fingerprint density at radius 2 is 1.71 bits per heavy atom. The molecule has 3 aromatic rings. The fraction of sp³-hybridized carbons (Fsp3) is 0.286. The maximum Gasteiger partial charge on any atom is 0.292 e. The van der Waals surface area contributed by atoms with Gasteiger partial charge in [0.1, 0.15) is 0 Å². The lowest BCUT2D eigenvalue weighted by Crippen LogP contribution is -2.47. The smallest absolute Gasteiger partial charge is 0.292 e. The fourth-order valence-corrected chi connectivity index (χ4v) is 3.41. The van der Waals surface area contributed by atoms with Crippen LogP contribution in [0.1, 0.15) is 26.7 Å². The van der Waals surface area contributed by atoms with Gasteiger partial charge in [0, 0.05) is 38.1 Å². The number of imidazole rings is 1. The van der Waals surface area contributed by atoms with Crippen molar-refractivity contribution in [3.05, 3.63) is 65.7 Å². The zero-order chi connectivity index (χ0) is 19.7. The van der Waals surface area contributed by atoms with Crippen LogP contribution in [0, 0.1) is 6.92 Å². The second kappa shape index (κ2) is 7.44. The predicted octanol–water partition coefficient (Wildman–Crippen LogP) is 2.28. The quantitative estimate of drug-likeness (QED) is 0.760. The van der Waals surface area contributed by atoms with Gasteiger partial charge in [0.05, 0.1) is 5.52 Å². The van der Waals surface area contributed by atoms with Crippen LogP contribution >= 0.6 is 0 Å². The van der Waals surface area contributed by atoms with Gasteiger partial charge in [-0.3, -0.25) is 14.0 Å². The summed E-state index contributed by atoms with van der Waals surface area (Å²) >= 11 is 0. The largest absolute Gasteiger partial charge is 0.335 e. The number of piperazine rings is 1. The van der Waals surface area contributed by atoms with Gasteiger partial charge in [0.15, 0.2) is 5.69 Å². The summed E-state index contributed by atoms with van der Waals surface area (Å²) in [7, 11) is 2.04. The number of para-hydroxylation sites is 1. The van der Waals surface area contributed by atoms with Crippen molar-refractivity contribution >= 4 is 23.0 Å². The molecule has 1 fully saturated rings. The monoisotopic (exact) mass is 377 g/mol. The molecule has 7 nitrogen and oxygen atoms in total. The maximum atomic E-state index is 13.1. The molecule has 0 aliphatic carbocycles. The number of anilines is 1. The highest BCUT2D eigenvalue weighted by Crippen LogP contribution is 2.19. The maximum absolute atomic E-state index is 13.1. The second-order valence-electron chi connectivity index (χ2n) is 7.10. The number of amides is 2. The lowest BCUT2D eigenvalue weighted by molar-refractivity contribution is 0.0661. The molecule has 1 N–H and O–H groups in total. The number of likely N-dealkylation sites (N-methyl/N-ethyl adjacent to an activating group) is 1. The Labute approximate surface area is 163 Å². The summed E-state index contributed by atoms with van der Waals surface area (Å²) in [4.78, 5) is 34.4. The van der Waals surface area contributed by atoms with Gasteiger partial charge in [-0.1, -0.05) is 24.3 Å². The number of hydrogen-bond acceptors (Lipinski definition) is 4. The number of rotatable bonds is 3. The number of nitrogens with zero attached hydrogens (tertiary/aromatic N) is 4. The molecule has 0 unspecified atom stereocenters. The minimum Gasteiger partial charge on any atom is -0.335 e. The van der Waals surface area contributed by atoms with Crippen LogP contribution in [0.5, 0.6) is 0 Å². The SMILES string of the molecule is Cc1ccccc1NC(=O)c1nc(C(=O)N2CCN(C)CC2)c2ccccn12. The molecule has 3 heterocycles. The number of nitrogens with one attached hydrogen (secondary N) is 1. The first-order valence-electron chi connectivity index (χ1n) is 9.36. The van der Waals surface area contributed by atoms with E-state index >= 15 is 0 Å². The highest BCUT2D eigenvalue weighted by Gasteiger charge is 2.27. The van der Waals surface area contributed by atoms with Crippen LogP contribution in [-0.2, 0) is 0 Å². The van der Waals surface area contributed by atoms with E-state index in [1.807, 2.05) is 56.4 Å². The van der Waals surface area contributed by atoms with E-state index in [1.54, 1.807) is 15.5 Å². The lowest BCUT2D eigenvalue weighted by atomic mass is 10.2. The summed E-state index contributed by atoms with van der Waals surface area (Å²) in [5.74, 6) is -0.268. The van der Waals surface area contributed by atoms with E-state index in [1.165, 1.54) is 0 Å². The zero-order valence-corrected chi connectivity index (χ0v) is 16.1. The van der Waals surface area contributed by atoms with Crippen LogP contribution in [0.15, 0.2) is 48.7 Å². The van der Waals surface area contributed by atoms with Crippen molar-refractivity contribution in [3.8, 4) is 0 Å². The summed E-state index contributed by atoms with van der Waals surface area (Å²) in [6, 6.07) is 13.1. The third-order valence-electron chi connectivity index (χ3n) is 5.14. The molecular weight excluding hydrogens is 354 g/mol. The van der Waals surface area contributed by atoms with Gasteiger partial charge < -0.3 is 15.1 Å². The van der Waals surface area contributed by atoms with Crippen LogP contribution in [0.25, 0.3) is 5.52 Å². The van der Waals surface area contributed by atoms with E-state index in [0.717, 1.165) is 24.3 Å². The summed E-state index contributed by atoms with van der Waals surface area (Å²) in [6.07, 6.45) is 1.76. The summed E-state index contributed by atoms with van der Waals surface area (Å²) < 4.78 is 1.68. The molecule has 0 atom stereocenters. The van der Waals surface area contributed by atoms with Gasteiger partial charge in [-0.25, -0.2) is 4.98 Å². The van der Waals surface area contributed by atoms with Crippen LogP contribution in [0.2, 0.25) is 0 Å². The Morgan fingerprint density at radius 3 is 2.46 bits per heavy atom. The second-order valence-corrected chi connectivity index (χ2v) is 7.10. The average molecular weight is 377 g/mol. The van der Waals surface area contributed by atoms with Gasteiger partial charge in [-0.05, 0) is 37.7 Å². The molecule has 1 saturated heterocycles. The molecule has 0 saturated carbocycles. The summed E-state index contributed by atoms with van der Waals surface area (Å²) in [5, 5.41) is 2.90. The van der Waals surface area contributed by atoms with Crippen molar-refractivity contribution in [1.29, 1.82) is 0 Å². The molecule has 1 aromatic carbocycles. The van der Waals surface area contributed by atoms with Gasteiger partial charge >= 0.3 is 0 Å². The number of aromatic nitrogens is 2. The van der Waals surface area contributed by atoms with Crippen LogP contribution in [0.3, 0.4) is 0 Å². The number of fused-ring (bicyclic) bond motifs is 1. The molecular formula is C21H23N5O2. The Balaban J connectivity index is 1.67. The van der Waals surface area contributed by atoms with E-state index in [2.05, 4.69) is 15.2 Å². The first-order valence-corrected chi connectivity index (χ1v) is 9.36. The van der Waals surface area contributed by atoms with Crippen molar-refractivity contribution in [3.63, 3.8) is 0 Å². The topological polar surface area (TPSA) is 70.0 Å². The molecule has 0 radical (unpaired) electrons. The van der Waals surface area contributed by atoms with Crippen LogP contribution < -0.4 is 5.32 Å². The zero-order valence-electron chi connectivity index (χ0n) is 16.1. The van der Waals surface area contributed by atoms with E-state index in [-0.39, 0.29) is 17.6 Å². The van der Waals surface area contributed by atoms with Crippen molar-refractivity contribution < 1.29 is 9.59 Å². The molecule has 144 valence electrons. The number of aryl methyl sites for hydroxylation is 1. The van der Waals surface area contributed by atoms with E-state index in [9.17, 15) is 9.59 Å². The first kappa shape index (κ1) is 18.2. The predicted molar refractivity (Wildman–Crippen MR) is 108 cm³/mol. The number of pyridine rings is 1. The molecule has 4 rings (SSSR count). The standard InChI is InChI=1S/C21H23N5O2/c1-15-7-3-4-8-16(15)22-20(27)19-23-18(17-9-5-6-10-26(17)19)21(28)25-13-11-24(2)12-14-25/h3-10H,11-14H2,1-2H3,(H,22,27). The number of hydrogen-bond donors (Lipinski definition) is 1. The first-order chi connectivity index (χ1) is 13.5. The van der Waals surface area contributed by atoms with Gasteiger partial charge in [0.25, 0.3) is 11.8 Å². The minimum absolute atomic E-state index is 0.133. The fourth-order valence-electron chi connectivity index (χ4n) is 3.41. The highest BCUT2D eigenvalue weighted by atomic mass is 16.2. The van der Waals surface area contributed by atoms with Crippen LogP contribution in [-0.4, -0.2) is 64.2 Å². The normalized spacial score (nSPS) is 15.0. The van der Waals surface area contributed by atoms with Crippen LogP contribution in [0.4, 0.5) is 5.69 Å². The Hall–Kier alpha value is -3.19. The molecule has 7 heteroatoms. The summed E-state index contributed by atoms with van der Waals surface area (Å²) in [6.45, 7) is 4.91. The van der Waals surface area contributed by atoms with Crippen molar-refractivity contribution in [1.82, 2.24) is 19.2 Å². The Kier molecular flexibility index (Phi) is 4.83. The number of carbonyl (C=O) groups excluding carboxylic acids is 2. The lowest BCUT2D eigenvalue weighted by Gasteiger charge is -2.32. The van der Waals surface area contributed by atoms with E-state index < -0.39 is 0 Å². The van der Waals surface area contributed by atoms with Gasteiger partial charge in [-0.15, -0.1) is 0 Å². The third kappa shape index (κ3) is 3.36. The molecule has 2 aromatic heterocycles. The summed E-state index contributed by atoms with van der Waals surface area (Å²) in [5.41, 5.74) is 2.65. The van der Waals surface area contributed by atoms with E-state index in [4.69, 9.17) is 0 Å². The van der Waals surface area contributed by atoms with Crippen molar-refractivity contribution in [2.75, 3.05) is 38.5 Å². The molecule has 28 heavy (non-hydrogen) atoms. The molecule has 0 spiro atoms. The molecule has 1 aliphatic heterocycles. The van der Waals surface area contributed by atoms with E-state index in [0.29, 0.717) is 24.3 Å². The van der Waals surface area contributed by atoms with Crippen molar-refractivity contribution in [2.45, 2.75) is 6.92 Å². The Morgan fingerprint density at radius 1 is 1.00 bits per heavy atom. The Bertz CT molecular complexity index is 1030. The molecule has 0 bridgehead atoms. The minimum atomic E-state index is -0.340.